The normalized spacial score (nSPS) is 22.3. The van der Waals surface area contributed by atoms with Gasteiger partial charge in [-0.05, 0) is 25.7 Å². The van der Waals surface area contributed by atoms with Gasteiger partial charge in [-0.2, -0.15) is 4.72 Å². The van der Waals surface area contributed by atoms with Crippen LogP contribution in [0.25, 0.3) is 0 Å². The molecule has 0 aromatic carbocycles. The van der Waals surface area contributed by atoms with Gasteiger partial charge in [0.1, 0.15) is 5.54 Å². The number of sulfonamides is 1. The van der Waals surface area contributed by atoms with Crippen LogP contribution >= 0.6 is 0 Å². The van der Waals surface area contributed by atoms with E-state index in [0.29, 0.717) is 0 Å². The molecule has 1 saturated carbocycles. The lowest BCUT2D eigenvalue weighted by atomic mass is 9.98. The van der Waals surface area contributed by atoms with E-state index in [1.165, 1.54) is 6.92 Å². The summed E-state index contributed by atoms with van der Waals surface area (Å²) in [5.74, 6) is -1.18. The van der Waals surface area contributed by atoms with Crippen LogP contribution in [-0.2, 0) is 14.8 Å². The molecule has 2 N–H and O–H groups in total. The molecule has 0 heterocycles. The minimum Gasteiger partial charge on any atom is -0.480 e. The average Bonchev–Trinajstić information content (AvgIpc) is 2.62. The van der Waals surface area contributed by atoms with Gasteiger partial charge in [0.2, 0.25) is 10.0 Å². The summed E-state index contributed by atoms with van der Waals surface area (Å²) in [4.78, 5) is 10.9. The van der Waals surface area contributed by atoms with Crippen LogP contribution < -0.4 is 4.72 Å². The zero-order valence-corrected chi connectivity index (χ0v) is 8.39. The minimum atomic E-state index is -3.46. The lowest BCUT2D eigenvalue weighted by Gasteiger charge is -2.24. The summed E-state index contributed by atoms with van der Waals surface area (Å²) < 4.78 is 24.0. The Kier molecular flexibility index (Phi) is 2.38. The van der Waals surface area contributed by atoms with Gasteiger partial charge >= 0.3 is 5.97 Å². The molecule has 0 aromatic heterocycles. The van der Waals surface area contributed by atoms with Gasteiger partial charge in [-0.15, -0.1) is 0 Å². The molecule has 1 rings (SSSR count). The fourth-order valence-electron chi connectivity index (χ4n) is 1.35. The Hall–Kier alpha value is -0.620. The van der Waals surface area contributed by atoms with E-state index in [4.69, 9.17) is 5.11 Å². The van der Waals surface area contributed by atoms with Crippen molar-refractivity contribution in [3.8, 4) is 0 Å². The molecule has 1 aliphatic carbocycles. The maximum Gasteiger partial charge on any atom is 0.324 e. The minimum absolute atomic E-state index is 0.0697. The van der Waals surface area contributed by atoms with Crippen molar-refractivity contribution < 1.29 is 18.3 Å². The van der Waals surface area contributed by atoms with Crippen LogP contribution in [-0.4, -0.2) is 31.3 Å². The third-order valence-electron chi connectivity index (χ3n) is 2.24. The monoisotopic (exact) mass is 207 g/mol. The summed E-state index contributed by atoms with van der Waals surface area (Å²) in [6.07, 6.45) is 2.51. The van der Waals surface area contributed by atoms with Crippen LogP contribution in [0.4, 0.5) is 0 Å². The number of carboxylic acids is 1. The second kappa shape index (κ2) is 2.95. The molecule has 0 aliphatic heterocycles. The van der Waals surface area contributed by atoms with E-state index in [9.17, 15) is 13.2 Å². The Labute approximate surface area is 77.2 Å². The number of carboxylic acid groups (broad SMARTS) is 1. The first kappa shape index (κ1) is 10.5. The number of rotatable bonds is 4. The van der Waals surface area contributed by atoms with E-state index in [1.54, 1.807) is 0 Å². The van der Waals surface area contributed by atoms with Gasteiger partial charge in [0.25, 0.3) is 0 Å². The van der Waals surface area contributed by atoms with Gasteiger partial charge in [0.05, 0.1) is 6.26 Å². The van der Waals surface area contributed by atoms with Crippen molar-refractivity contribution in [1.29, 1.82) is 0 Å². The molecule has 5 nitrogen and oxygen atoms in total. The summed E-state index contributed by atoms with van der Waals surface area (Å²) in [5.41, 5.74) is -1.33. The summed E-state index contributed by atoms with van der Waals surface area (Å²) in [6, 6.07) is 0. The lowest BCUT2D eigenvalue weighted by molar-refractivity contribution is -0.144. The van der Waals surface area contributed by atoms with Crippen LogP contribution in [0, 0.1) is 5.92 Å². The van der Waals surface area contributed by atoms with Crippen molar-refractivity contribution in [2.24, 2.45) is 5.92 Å². The smallest absolute Gasteiger partial charge is 0.324 e. The highest BCUT2D eigenvalue weighted by Crippen LogP contribution is 2.39. The van der Waals surface area contributed by atoms with Gasteiger partial charge in [0.15, 0.2) is 0 Å². The summed E-state index contributed by atoms with van der Waals surface area (Å²) in [6.45, 7) is 1.41. The summed E-state index contributed by atoms with van der Waals surface area (Å²) >= 11 is 0. The fourth-order valence-corrected chi connectivity index (χ4v) is 2.37. The molecule has 0 radical (unpaired) electrons. The Morgan fingerprint density at radius 2 is 2.00 bits per heavy atom. The van der Waals surface area contributed by atoms with Crippen molar-refractivity contribution in [1.82, 2.24) is 4.72 Å². The molecule has 1 aliphatic rings. The van der Waals surface area contributed by atoms with Gasteiger partial charge in [0, 0.05) is 0 Å². The second-order valence-corrected chi connectivity index (χ2v) is 5.40. The van der Waals surface area contributed by atoms with E-state index in [2.05, 4.69) is 4.72 Å². The maximum absolute atomic E-state index is 10.9. The Morgan fingerprint density at radius 1 is 1.54 bits per heavy atom. The summed E-state index contributed by atoms with van der Waals surface area (Å²) in [7, 11) is -3.46. The first-order chi connectivity index (χ1) is 5.76. The summed E-state index contributed by atoms with van der Waals surface area (Å²) in [5, 5.41) is 8.88. The topological polar surface area (TPSA) is 83.5 Å². The average molecular weight is 207 g/mol. The van der Waals surface area contributed by atoms with Gasteiger partial charge in [-0.25, -0.2) is 8.42 Å². The highest BCUT2D eigenvalue weighted by Gasteiger charge is 2.49. The SMILES string of the molecule is CC(NS(C)(=O)=O)(C(=O)O)C1CC1. The molecule has 0 saturated heterocycles. The molecule has 76 valence electrons. The van der Waals surface area contributed by atoms with E-state index in [1.807, 2.05) is 0 Å². The first-order valence-corrected chi connectivity index (χ1v) is 5.87. The molecule has 0 amide bonds. The van der Waals surface area contributed by atoms with Crippen molar-refractivity contribution in [3.63, 3.8) is 0 Å². The van der Waals surface area contributed by atoms with Crippen LogP contribution in [0.1, 0.15) is 19.8 Å². The largest absolute Gasteiger partial charge is 0.480 e. The van der Waals surface area contributed by atoms with Crippen LogP contribution in [0.15, 0.2) is 0 Å². The highest BCUT2D eigenvalue weighted by molar-refractivity contribution is 7.88. The highest BCUT2D eigenvalue weighted by atomic mass is 32.2. The van der Waals surface area contributed by atoms with Crippen molar-refractivity contribution in [3.05, 3.63) is 0 Å². The Balaban J connectivity index is 2.85. The molecule has 13 heavy (non-hydrogen) atoms. The molecule has 0 bridgehead atoms. The maximum atomic E-state index is 10.9. The molecule has 1 unspecified atom stereocenters. The number of hydrogen-bond donors (Lipinski definition) is 2. The molecule has 6 heteroatoms. The number of carbonyl (C=O) groups is 1. The number of hydrogen-bond acceptors (Lipinski definition) is 3. The zero-order valence-electron chi connectivity index (χ0n) is 7.57. The predicted octanol–water partition coefficient (Wildman–Crippen LogP) is -0.211. The Morgan fingerprint density at radius 3 is 2.23 bits per heavy atom. The lowest BCUT2D eigenvalue weighted by Crippen LogP contribution is -2.53. The molecule has 1 fully saturated rings. The molecular weight excluding hydrogens is 194 g/mol. The third kappa shape index (κ3) is 2.41. The van der Waals surface area contributed by atoms with Crippen LogP contribution in [0.3, 0.4) is 0 Å². The van der Waals surface area contributed by atoms with Gasteiger partial charge < -0.3 is 5.11 Å². The van der Waals surface area contributed by atoms with Gasteiger partial charge in [-0.3, -0.25) is 4.79 Å². The second-order valence-electron chi connectivity index (χ2n) is 3.66. The zero-order chi connectivity index (χ0) is 10.3. The van der Waals surface area contributed by atoms with Crippen molar-refractivity contribution in [2.45, 2.75) is 25.3 Å². The number of nitrogens with one attached hydrogen (secondary N) is 1. The van der Waals surface area contributed by atoms with E-state index < -0.39 is 21.5 Å². The standard InChI is InChI=1S/C7H13NO4S/c1-7(6(9)10,5-3-4-5)8-13(2,11)12/h5,8H,3-4H2,1-2H3,(H,9,10). The van der Waals surface area contributed by atoms with Crippen LogP contribution in [0.5, 0.6) is 0 Å². The molecule has 0 aromatic rings. The van der Waals surface area contributed by atoms with E-state index >= 15 is 0 Å². The molecule has 0 spiro atoms. The molecular formula is C7H13NO4S. The van der Waals surface area contributed by atoms with E-state index in [-0.39, 0.29) is 5.92 Å². The third-order valence-corrected chi connectivity index (χ3v) is 3.03. The van der Waals surface area contributed by atoms with Crippen LogP contribution in [0.2, 0.25) is 0 Å². The van der Waals surface area contributed by atoms with Crippen molar-refractivity contribution in [2.75, 3.05) is 6.26 Å². The predicted molar refractivity (Wildman–Crippen MR) is 46.7 cm³/mol. The Bertz CT molecular complexity index is 319. The number of aliphatic carboxylic acids is 1. The fraction of sp³-hybridized carbons (Fsp3) is 0.857. The first-order valence-electron chi connectivity index (χ1n) is 3.98. The van der Waals surface area contributed by atoms with E-state index in [0.717, 1.165) is 19.1 Å². The van der Waals surface area contributed by atoms with Gasteiger partial charge in [-0.1, -0.05) is 0 Å². The van der Waals surface area contributed by atoms with Crippen molar-refractivity contribution >= 4 is 16.0 Å². The molecule has 1 atom stereocenters. The quantitative estimate of drug-likeness (QED) is 0.668.